The Balaban J connectivity index is 1.52. The molecule has 1 heterocycles. The molecule has 5 nitrogen and oxygen atoms in total. The number of rotatable bonds is 5. The summed E-state index contributed by atoms with van der Waals surface area (Å²) < 4.78 is 6.67. The molecule has 0 spiro atoms. The number of nitrogens with zero attached hydrogens (tertiary/aromatic N) is 1. The Morgan fingerprint density at radius 3 is 2.64 bits per heavy atom. The van der Waals surface area contributed by atoms with Crippen molar-refractivity contribution in [3.8, 4) is 5.75 Å². The summed E-state index contributed by atoms with van der Waals surface area (Å²) in [5.41, 5.74) is 1.76. The summed E-state index contributed by atoms with van der Waals surface area (Å²) in [6, 6.07) is 15.4. The maximum Gasteiger partial charge on any atom is 0.240 e. The van der Waals surface area contributed by atoms with Crippen LogP contribution in [0.2, 0.25) is 0 Å². The summed E-state index contributed by atoms with van der Waals surface area (Å²) in [5.74, 6) is 0.846. The van der Waals surface area contributed by atoms with Gasteiger partial charge in [0, 0.05) is 4.47 Å². The first-order valence-corrected chi connectivity index (χ1v) is 10.5. The van der Waals surface area contributed by atoms with E-state index < -0.39 is 0 Å². The van der Waals surface area contributed by atoms with Gasteiger partial charge in [-0.2, -0.15) is 0 Å². The fourth-order valence-corrected chi connectivity index (χ4v) is 4.04. The Morgan fingerprint density at radius 1 is 1.18 bits per heavy atom. The van der Waals surface area contributed by atoms with Crippen LogP contribution in [-0.4, -0.2) is 25.0 Å². The standard InChI is InChI=1S/C22H23BrN2O3/c23-17-10-8-16(9-11-17)22(15-4-3-5-15)24-20(26)14-25-18-6-1-2-7-19(18)28-13-12-21(25)27/h1-2,6-11,15,22H,3-5,12-14H2,(H,24,26)/t22-/m1/s1. The van der Waals surface area contributed by atoms with Crippen molar-refractivity contribution in [1.29, 1.82) is 0 Å². The molecule has 28 heavy (non-hydrogen) atoms. The summed E-state index contributed by atoms with van der Waals surface area (Å²) >= 11 is 3.47. The van der Waals surface area contributed by atoms with E-state index in [2.05, 4.69) is 21.2 Å². The molecule has 2 aliphatic rings. The number of amides is 2. The summed E-state index contributed by atoms with van der Waals surface area (Å²) in [6.07, 6.45) is 3.68. The molecule has 1 aliphatic heterocycles. The zero-order chi connectivity index (χ0) is 19.5. The number of nitrogens with one attached hydrogen (secondary N) is 1. The first-order chi connectivity index (χ1) is 13.6. The molecule has 0 bridgehead atoms. The number of carbonyl (C=O) groups excluding carboxylic acids is 2. The third kappa shape index (κ3) is 4.07. The van der Waals surface area contributed by atoms with Gasteiger partial charge >= 0.3 is 0 Å². The normalized spacial score (nSPS) is 17.8. The minimum Gasteiger partial charge on any atom is -0.491 e. The van der Waals surface area contributed by atoms with E-state index in [0.717, 1.165) is 22.9 Å². The van der Waals surface area contributed by atoms with E-state index in [1.807, 2.05) is 48.5 Å². The van der Waals surface area contributed by atoms with Gasteiger partial charge in [-0.15, -0.1) is 0 Å². The lowest BCUT2D eigenvalue weighted by Gasteiger charge is -2.35. The SMILES string of the molecule is O=C(CN1C(=O)CCOc2ccccc21)N[C@@H](c1ccc(Br)cc1)C1CCC1. The number of hydrogen-bond donors (Lipinski definition) is 1. The average molecular weight is 443 g/mol. The number of para-hydroxylation sites is 2. The molecule has 0 radical (unpaired) electrons. The lowest BCUT2D eigenvalue weighted by Crippen LogP contribution is -2.44. The van der Waals surface area contributed by atoms with Crippen molar-refractivity contribution in [2.75, 3.05) is 18.1 Å². The molecule has 6 heteroatoms. The third-order valence-corrected chi connectivity index (χ3v) is 6.03. The number of fused-ring (bicyclic) bond motifs is 1. The average Bonchev–Trinajstić information content (AvgIpc) is 2.80. The van der Waals surface area contributed by atoms with Crippen molar-refractivity contribution in [3.63, 3.8) is 0 Å². The molecule has 2 aromatic rings. The largest absolute Gasteiger partial charge is 0.491 e. The van der Waals surface area contributed by atoms with Crippen LogP contribution < -0.4 is 15.0 Å². The van der Waals surface area contributed by atoms with Crippen molar-refractivity contribution in [2.24, 2.45) is 5.92 Å². The second-order valence-corrected chi connectivity index (χ2v) is 8.25. The van der Waals surface area contributed by atoms with E-state index in [9.17, 15) is 9.59 Å². The van der Waals surface area contributed by atoms with Crippen molar-refractivity contribution in [1.82, 2.24) is 5.32 Å². The highest BCUT2D eigenvalue weighted by molar-refractivity contribution is 9.10. The number of ether oxygens (including phenoxy) is 1. The van der Waals surface area contributed by atoms with Crippen LogP contribution in [0.15, 0.2) is 53.0 Å². The number of carbonyl (C=O) groups is 2. The Hall–Kier alpha value is -2.34. The van der Waals surface area contributed by atoms with Crippen molar-refractivity contribution < 1.29 is 14.3 Å². The van der Waals surface area contributed by atoms with E-state index in [1.54, 1.807) is 0 Å². The topological polar surface area (TPSA) is 58.6 Å². The van der Waals surface area contributed by atoms with Crippen LogP contribution in [0.1, 0.15) is 37.3 Å². The quantitative estimate of drug-likeness (QED) is 0.753. The molecule has 1 fully saturated rings. The molecule has 1 saturated carbocycles. The molecule has 0 saturated heterocycles. The van der Waals surface area contributed by atoms with Gasteiger partial charge in [0.25, 0.3) is 0 Å². The van der Waals surface area contributed by atoms with Crippen LogP contribution in [0.4, 0.5) is 5.69 Å². The number of hydrogen-bond acceptors (Lipinski definition) is 3. The second-order valence-electron chi connectivity index (χ2n) is 7.33. The lowest BCUT2D eigenvalue weighted by molar-refractivity contribution is -0.124. The van der Waals surface area contributed by atoms with Gasteiger partial charge < -0.3 is 10.1 Å². The highest BCUT2D eigenvalue weighted by Crippen LogP contribution is 2.38. The molecule has 1 N–H and O–H groups in total. The van der Waals surface area contributed by atoms with Crippen LogP contribution in [0.25, 0.3) is 0 Å². The van der Waals surface area contributed by atoms with E-state index in [4.69, 9.17) is 4.74 Å². The molecule has 0 aromatic heterocycles. The summed E-state index contributed by atoms with van der Waals surface area (Å²) in [6.45, 7) is 0.330. The molecule has 2 aromatic carbocycles. The number of anilines is 1. The molecule has 146 valence electrons. The third-order valence-electron chi connectivity index (χ3n) is 5.50. The maximum absolute atomic E-state index is 12.9. The predicted molar refractivity (Wildman–Crippen MR) is 111 cm³/mol. The molecule has 0 unspecified atom stereocenters. The smallest absolute Gasteiger partial charge is 0.240 e. The van der Waals surface area contributed by atoms with E-state index in [1.165, 1.54) is 11.3 Å². The Kier molecular flexibility index (Phi) is 5.67. The Morgan fingerprint density at radius 2 is 1.93 bits per heavy atom. The van der Waals surface area contributed by atoms with Crippen LogP contribution >= 0.6 is 15.9 Å². The van der Waals surface area contributed by atoms with Gasteiger partial charge in [0.15, 0.2) is 0 Å². The molecule has 2 amide bonds. The van der Waals surface area contributed by atoms with Crippen LogP contribution in [0, 0.1) is 5.92 Å². The van der Waals surface area contributed by atoms with Crippen LogP contribution in [0.5, 0.6) is 5.75 Å². The molecule has 4 rings (SSSR count). The van der Waals surface area contributed by atoms with E-state index >= 15 is 0 Å². The zero-order valence-electron chi connectivity index (χ0n) is 15.6. The molecule has 1 atom stereocenters. The zero-order valence-corrected chi connectivity index (χ0v) is 17.2. The van der Waals surface area contributed by atoms with Gasteiger partial charge in [-0.25, -0.2) is 0 Å². The Labute approximate surface area is 173 Å². The minimum atomic E-state index is -0.148. The lowest BCUT2D eigenvalue weighted by atomic mass is 9.77. The molecule has 1 aliphatic carbocycles. The first-order valence-electron chi connectivity index (χ1n) is 9.69. The second kappa shape index (κ2) is 8.35. The van der Waals surface area contributed by atoms with Gasteiger partial charge in [-0.3, -0.25) is 14.5 Å². The summed E-state index contributed by atoms with van der Waals surface area (Å²) in [4.78, 5) is 27.0. The van der Waals surface area contributed by atoms with Gasteiger partial charge in [0.05, 0.1) is 24.8 Å². The fraction of sp³-hybridized carbons (Fsp3) is 0.364. The molecular weight excluding hydrogens is 420 g/mol. The monoisotopic (exact) mass is 442 g/mol. The molecular formula is C22H23BrN2O3. The number of halogens is 1. The minimum absolute atomic E-state index is 0.00104. The van der Waals surface area contributed by atoms with Crippen molar-refractivity contribution >= 4 is 33.4 Å². The van der Waals surface area contributed by atoms with Gasteiger partial charge in [-0.05, 0) is 48.6 Å². The Bertz CT molecular complexity index is 864. The van der Waals surface area contributed by atoms with E-state index in [0.29, 0.717) is 24.0 Å². The van der Waals surface area contributed by atoms with Gasteiger partial charge in [-0.1, -0.05) is 46.6 Å². The summed E-state index contributed by atoms with van der Waals surface area (Å²) in [5, 5.41) is 3.18. The highest BCUT2D eigenvalue weighted by atomic mass is 79.9. The van der Waals surface area contributed by atoms with Crippen molar-refractivity contribution in [2.45, 2.75) is 31.7 Å². The highest BCUT2D eigenvalue weighted by Gasteiger charge is 2.31. The first kappa shape index (κ1) is 19.0. The van der Waals surface area contributed by atoms with E-state index in [-0.39, 0.29) is 30.8 Å². The number of benzene rings is 2. The van der Waals surface area contributed by atoms with Gasteiger partial charge in [0.2, 0.25) is 11.8 Å². The van der Waals surface area contributed by atoms with Crippen LogP contribution in [-0.2, 0) is 9.59 Å². The maximum atomic E-state index is 12.9. The van der Waals surface area contributed by atoms with Crippen LogP contribution in [0.3, 0.4) is 0 Å². The summed E-state index contributed by atoms with van der Waals surface area (Å²) in [7, 11) is 0. The van der Waals surface area contributed by atoms with Crippen molar-refractivity contribution in [3.05, 3.63) is 58.6 Å². The fourth-order valence-electron chi connectivity index (χ4n) is 3.77. The predicted octanol–water partition coefficient (Wildman–Crippen LogP) is 4.22. The van der Waals surface area contributed by atoms with Gasteiger partial charge in [0.1, 0.15) is 12.3 Å².